The molecule has 0 aliphatic carbocycles. The zero-order valence-corrected chi connectivity index (χ0v) is 8.39. The molecule has 0 fully saturated rings. The van der Waals surface area contributed by atoms with E-state index in [1.54, 1.807) is 13.8 Å². The Morgan fingerprint density at radius 1 is 1.54 bits per heavy atom. The highest BCUT2D eigenvalue weighted by molar-refractivity contribution is 5.88. The maximum absolute atomic E-state index is 10.8. The molecule has 0 aliphatic rings. The van der Waals surface area contributed by atoms with Crippen molar-refractivity contribution < 1.29 is 14.6 Å². The first-order chi connectivity index (χ1) is 6.02. The quantitative estimate of drug-likeness (QED) is 0.406. The molecular weight excluding hydrogens is 168 g/mol. The van der Waals surface area contributed by atoms with Crippen LogP contribution < -0.4 is 0 Å². The lowest BCUT2D eigenvalue weighted by molar-refractivity contribution is -0.136. The van der Waals surface area contributed by atoms with Gasteiger partial charge in [-0.2, -0.15) is 0 Å². The van der Waals surface area contributed by atoms with E-state index >= 15 is 0 Å². The van der Waals surface area contributed by atoms with Crippen LogP contribution in [0.4, 0.5) is 0 Å². The molecule has 1 N–H and O–H groups in total. The van der Waals surface area contributed by atoms with Crippen LogP contribution in [0.5, 0.6) is 0 Å². The van der Waals surface area contributed by atoms with Gasteiger partial charge < -0.3 is 9.84 Å². The molecule has 1 unspecified atom stereocenters. The fraction of sp³-hybridized carbons (Fsp3) is 0.700. The molecule has 3 nitrogen and oxygen atoms in total. The Hall–Kier alpha value is -1.01. The fourth-order valence-corrected chi connectivity index (χ4v) is 0.902. The summed E-state index contributed by atoms with van der Waals surface area (Å²) in [5, 5.41) is 9.55. The Balaban J connectivity index is 4.13. The standard InChI is InChI=1S/C10H16O3/c1-4-7-10(3,12)8-6-9(11)13-5-2/h12H,4-5,7H2,1-3H3. The number of hydrogen-bond acceptors (Lipinski definition) is 3. The number of aliphatic hydroxyl groups is 1. The summed E-state index contributed by atoms with van der Waals surface area (Å²) < 4.78 is 4.59. The van der Waals surface area contributed by atoms with E-state index in [0.29, 0.717) is 13.0 Å². The number of esters is 1. The lowest BCUT2D eigenvalue weighted by atomic mass is 10.0. The van der Waals surface area contributed by atoms with Crippen molar-refractivity contribution in [3.8, 4) is 11.8 Å². The second kappa shape index (κ2) is 5.60. The van der Waals surface area contributed by atoms with E-state index in [0.717, 1.165) is 6.42 Å². The van der Waals surface area contributed by atoms with Crippen molar-refractivity contribution in [1.82, 2.24) is 0 Å². The van der Waals surface area contributed by atoms with Gasteiger partial charge in [-0.05, 0) is 20.3 Å². The molecule has 0 bridgehead atoms. The highest BCUT2D eigenvalue weighted by Crippen LogP contribution is 2.09. The Bertz CT molecular complexity index is 220. The smallest absolute Gasteiger partial charge is 0.384 e. The van der Waals surface area contributed by atoms with Gasteiger partial charge in [-0.1, -0.05) is 19.3 Å². The molecule has 0 rings (SSSR count). The molecule has 0 spiro atoms. The normalized spacial score (nSPS) is 13.8. The molecule has 0 radical (unpaired) electrons. The van der Waals surface area contributed by atoms with E-state index in [2.05, 4.69) is 16.6 Å². The van der Waals surface area contributed by atoms with Crippen molar-refractivity contribution >= 4 is 5.97 Å². The van der Waals surface area contributed by atoms with E-state index in [-0.39, 0.29) is 0 Å². The van der Waals surface area contributed by atoms with Gasteiger partial charge in [-0.15, -0.1) is 0 Å². The SMILES string of the molecule is CCCC(C)(O)C#CC(=O)OCC. The van der Waals surface area contributed by atoms with Crippen molar-refractivity contribution in [3.05, 3.63) is 0 Å². The molecule has 1 atom stereocenters. The van der Waals surface area contributed by atoms with Crippen LogP contribution in [0.2, 0.25) is 0 Å². The molecule has 0 heterocycles. The molecule has 3 heteroatoms. The maximum atomic E-state index is 10.8. The average molecular weight is 184 g/mol. The maximum Gasteiger partial charge on any atom is 0.384 e. The van der Waals surface area contributed by atoms with Crippen molar-refractivity contribution in [2.24, 2.45) is 0 Å². The van der Waals surface area contributed by atoms with Crippen LogP contribution in [-0.4, -0.2) is 23.3 Å². The third-order valence-corrected chi connectivity index (χ3v) is 1.45. The van der Waals surface area contributed by atoms with E-state index in [4.69, 9.17) is 0 Å². The Morgan fingerprint density at radius 2 is 2.15 bits per heavy atom. The monoisotopic (exact) mass is 184 g/mol. The molecule has 0 saturated heterocycles. The van der Waals surface area contributed by atoms with E-state index in [9.17, 15) is 9.90 Å². The molecule has 0 saturated carbocycles. The second-order valence-corrected chi connectivity index (χ2v) is 2.99. The first-order valence-corrected chi connectivity index (χ1v) is 4.44. The first-order valence-electron chi connectivity index (χ1n) is 4.44. The predicted molar refractivity (Wildman–Crippen MR) is 49.9 cm³/mol. The van der Waals surface area contributed by atoms with Crippen LogP contribution in [0.1, 0.15) is 33.6 Å². The van der Waals surface area contributed by atoms with E-state index in [1.807, 2.05) is 6.92 Å². The van der Waals surface area contributed by atoms with Gasteiger partial charge in [0, 0.05) is 5.92 Å². The Morgan fingerprint density at radius 3 is 2.62 bits per heavy atom. The molecule has 0 aliphatic heterocycles. The zero-order valence-electron chi connectivity index (χ0n) is 8.39. The summed E-state index contributed by atoms with van der Waals surface area (Å²) in [6.45, 7) is 5.55. The predicted octanol–water partition coefficient (Wildman–Crippen LogP) is 1.10. The number of carbonyl (C=O) groups excluding carboxylic acids is 1. The number of rotatable bonds is 3. The minimum atomic E-state index is -1.08. The van der Waals surface area contributed by atoms with Crippen molar-refractivity contribution in [2.75, 3.05) is 6.61 Å². The zero-order chi connectivity index (χ0) is 10.3. The van der Waals surface area contributed by atoms with E-state index in [1.165, 1.54) is 0 Å². The minimum Gasteiger partial charge on any atom is -0.456 e. The number of hydrogen-bond donors (Lipinski definition) is 1. The fourth-order valence-electron chi connectivity index (χ4n) is 0.902. The van der Waals surface area contributed by atoms with Gasteiger partial charge >= 0.3 is 5.97 Å². The summed E-state index contributed by atoms with van der Waals surface area (Å²) in [5.74, 6) is 4.14. The van der Waals surface area contributed by atoms with Crippen LogP contribution in [0.15, 0.2) is 0 Å². The summed E-state index contributed by atoms with van der Waals surface area (Å²) in [6, 6.07) is 0. The highest BCUT2D eigenvalue weighted by atomic mass is 16.5. The van der Waals surface area contributed by atoms with Gasteiger partial charge in [0.25, 0.3) is 0 Å². The second-order valence-electron chi connectivity index (χ2n) is 2.99. The Kier molecular flexibility index (Phi) is 5.17. The van der Waals surface area contributed by atoms with E-state index < -0.39 is 11.6 Å². The largest absolute Gasteiger partial charge is 0.456 e. The van der Waals surface area contributed by atoms with Crippen molar-refractivity contribution in [1.29, 1.82) is 0 Å². The number of carbonyl (C=O) groups is 1. The topological polar surface area (TPSA) is 46.5 Å². The highest BCUT2D eigenvalue weighted by Gasteiger charge is 2.14. The van der Waals surface area contributed by atoms with Crippen LogP contribution in [0.3, 0.4) is 0 Å². The Labute approximate surface area is 79.1 Å². The van der Waals surface area contributed by atoms with Crippen LogP contribution in [0.25, 0.3) is 0 Å². The summed E-state index contributed by atoms with van der Waals surface area (Å²) in [4.78, 5) is 10.8. The van der Waals surface area contributed by atoms with Crippen LogP contribution in [-0.2, 0) is 9.53 Å². The molecule has 0 aromatic rings. The van der Waals surface area contributed by atoms with Gasteiger partial charge in [0.2, 0.25) is 0 Å². The average Bonchev–Trinajstić information content (AvgIpc) is 2.02. The van der Waals surface area contributed by atoms with Gasteiger partial charge in [0.05, 0.1) is 6.61 Å². The lowest BCUT2D eigenvalue weighted by Gasteiger charge is -2.13. The summed E-state index contributed by atoms with van der Waals surface area (Å²) >= 11 is 0. The third kappa shape index (κ3) is 6.18. The molecule has 74 valence electrons. The lowest BCUT2D eigenvalue weighted by Crippen LogP contribution is -2.21. The van der Waals surface area contributed by atoms with Gasteiger partial charge in [-0.25, -0.2) is 4.79 Å². The van der Waals surface area contributed by atoms with Crippen LogP contribution >= 0.6 is 0 Å². The molecule has 0 aromatic carbocycles. The molecule has 13 heavy (non-hydrogen) atoms. The van der Waals surface area contributed by atoms with Gasteiger partial charge in [0.1, 0.15) is 5.60 Å². The molecular formula is C10H16O3. The molecule has 0 aromatic heterocycles. The van der Waals surface area contributed by atoms with Gasteiger partial charge in [-0.3, -0.25) is 0 Å². The van der Waals surface area contributed by atoms with Crippen molar-refractivity contribution in [3.63, 3.8) is 0 Å². The third-order valence-electron chi connectivity index (χ3n) is 1.45. The van der Waals surface area contributed by atoms with Gasteiger partial charge in [0.15, 0.2) is 0 Å². The van der Waals surface area contributed by atoms with Crippen molar-refractivity contribution in [2.45, 2.75) is 39.2 Å². The summed E-state index contributed by atoms with van der Waals surface area (Å²) in [6.07, 6.45) is 1.38. The summed E-state index contributed by atoms with van der Waals surface area (Å²) in [7, 11) is 0. The number of ether oxygens (including phenoxy) is 1. The summed E-state index contributed by atoms with van der Waals surface area (Å²) in [5.41, 5.74) is -1.08. The minimum absolute atomic E-state index is 0.309. The van der Waals surface area contributed by atoms with Crippen LogP contribution in [0, 0.1) is 11.8 Å². The first kappa shape index (κ1) is 12.0. The molecule has 0 amide bonds.